The molecule has 0 bridgehead atoms. The summed E-state index contributed by atoms with van der Waals surface area (Å²) in [4.78, 5) is 14.7. The van der Waals surface area contributed by atoms with Crippen molar-refractivity contribution >= 4 is 22.0 Å². The van der Waals surface area contributed by atoms with Crippen LogP contribution in [0.1, 0.15) is 18.4 Å². The van der Waals surface area contributed by atoms with E-state index in [0.29, 0.717) is 46.1 Å². The first-order valence-corrected chi connectivity index (χ1v) is 11.9. The highest BCUT2D eigenvalue weighted by Gasteiger charge is 2.32. The molecule has 4 rings (SSSR count). The fraction of sp³-hybridized carbons (Fsp3) is 0.571. The summed E-state index contributed by atoms with van der Waals surface area (Å²) in [7, 11) is -3.51. The quantitative estimate of drug-likeness (QED) is 0.648. The van der Waals surface area contributed by atoms with E-state index in [9.17, 15) is 13.2 Å². The van der Waals surface area contributed by atoms with Crippen molar-refractivity contribution in [3.05, 3.63) is 35.9 Å². The molecular weight excluding hydrogens is 408 g/mol. The van der Waals surface area contributed by atoms with Gasteiger partial charge in [-0.05, 0) is 36.6 Å². The fourth-order valence-corrected chi connectivity index (χ4v) is 5.45. The Morgan fingerprint density at radius 2 is 1.70 bits per heavy atom. The molecule has 3 saturated heterocycles. The molecule has 0 aliphatic carbocycles. The van der Waals surface area contributed by atoms with E-state index < -0.39 is 10.0 Å². The number of nitrogens with zero attached hydrogens (tertiary/aromatic N) is 2. The standard InChI is InChI=1S/C21H28N2O6S/c24-20(22-9-1-2-18(16-22)21-28-14-15-29-21)8-5-17-3-6-19(7-4-17)30(25,26)23-10-12-27-13-11-23/h3-8,18,21H,1-2,9-16H2/b8-5+. The molecule has 3 aliphatic heterocycles. The lowest BCUT2D eigenvalue weighted by Crippen LogP contribution is -2.43. The first-order valence-electron chi connectivity index (χ1n) is 10.4. The van der Waals surface area contributed by atoms with Gasteiger partial charge in [0, 0.05) is 38.2 Å². The highest BCUT2D eigenvalue weighted by molar-refractivity contribution is 7.89. The lowest BCUT2D eigenvalue weighted by atomic mass is 9.97. The van der Waals surface area contributed by atoms with Crippen molar-refractivity contribution in [2.75, 3.05) is 52.6 Å². The van der Waals surface area contributed by atoms with E-state index >= 15 is 0 Å². The molecule has 9 heteroatoms. The summed E-state index contributed by atoms with van der Waals surface area (Å²) in [6.07, 6.45) is 4.99. The van der Waals surface area contributed by atoms with Gasteiger partial charge in [-0.2, -0.15) is 4.31 Å². The molecular formula is C21H28N2O6S. The monoisotopic (exact) mass is 436 g/mol. The van der Waals surface area contributed by atoms with Crippen LogP contribution in [0.15, 0.2) is 35.2 Å². The summed E-state index contributed by atoms with van der Waals surface area (Å²) >= 11 is 0. The van der Waals surface area contributed by atoms with Crippen LogP contribution < -0.4 is 0 Å². The summed E-state index contributed by atoms with van der Waals surface area (Å²) in [5.41, 5.74) is 0.778. The topological polar surface area (TPSA) is 85.4 Å². The van der Waals surface area contributed by atoms with Gasteiger partial charge in [-0.3, -0.25) is 4.79 Å². The Morgan fingerprint density at radius 1 is 1.00 bits per heavy atom. The summed E-state index contributed by atoms with van der Waals surface area (Å²) < 4.78 is 43.2. The fourth-order valence-electron chi connectivity index (χ4n) is 4.04. The van der Waals surface area contributed by atoms with Crippen LogP contribution in [0.2, 0.25) is 0 Å². The number of morpholine rings is 1. The van der Waals surface area contributed by atoms with E-state index in [1.165, 1.54) is 4.31 Å². The number of ether oxygens (including phenoxy) is 3. The Morgan fingerprint density at radius 3 is 2.40 bits per heavy atom. The number of amides is 1. The maximum absolute atomic E-state index is 12.7. The van der Waals surface area contributed by atoms with E-state index in [-0.39, 0.29) is 23.0 Å². The Kier molecular flexibility index (Phi) is 6.84. The smallest absolute Gasteiger partial charge is 0.246 e. The molecule has 1 atom stereocenters. The van der Waals surface area contributed by atoms with Gasteiger partial charge in [0.25, 0.3) is 0 Å². The Bertz CT molecular complexity index is 858. The third kappa shape index (κ3) is 4.92. The van der Waals surface area contributed by atoms with Gasteiger partial charge in [-0.15, -0.1) is 0 Å². The number of hydrogen-bond acceptors (Lipinski definition) is 6. The van der Waals surface area contributed by atoms with Crippen LogP contribution in [0.4, 0.5) is 0 Å². The minimum atomic E-state index is -3.51. The van der Waals surface area contributed by atoms with E-state index in [1.54, 1.807) is 36.4 Å². The van der Waals surface area contributed by atoms with Crippen LogP contribution in [0.5, 0.6) is 0 Å². The molecule has 1 amide bonds. The average Bonchev–Trinajstić information content (AvgIpc) is 3.33. The van der Waals surface area contributed by atoms with Crippen molar-refractivity contribution in [1.82, 2.24) is 9.21 Å². The Hall–Kier alpha value is -1.78. The van der Waals surface area contributed by atoms with Gasteiger partial charge < -0.3 is 19.1 Å². The van der Waals surface area contributed by atoms with Gasteiger partial charge in [-0.25, -0.2) is 8.42 Å². The molecule has 1 aromatic carbocycles. The second kappa shape index (κ2) is 9.57. The molecule has 3 aliphatic rings. The maximum atomic E-state index is 12.7. The van der Waals surface area contributed by atoms with E-state index in [4.69, 9.17) is 14.2 Å². The average molecular weight is 437 g/mol. The first kappa shape index (κ1) is 21.5. The predicted molar refractivity (Wildman–Crippen MR) is 110 cm³/mol. The SMILES string of the molecule is O=C(/C=C/c1ccc(S(=O)(=O)N2CCOCC2)cc1)N1CCCC(C2OCCO2)C1. The third-order valence-electron chi connectivity index (χ3n) is 5.71. The van der Waals surface area contributed by atoms with Crippen LogP contribution in [-0.2, 0) is 29.0 Å². The third-order valence-corrected chi connectivity index (χ3v) is 7.62. The summed E-state index contributed by atoms with van der Waals surface area (Å²) in [6.45, 7) is 4.15. The van der Waals surface area contributed by atoms with Gasteiger partial charge >= 0.3 is 0 Å². The highest BCUT2D eigenvalue weighted by atomic mass is 32.2. The number of rotatable bonds is 5. The largest absolute Gasteiger partial charge is 0.379 e. The van der Waals surface area contributed by atoms with Crippen molar-refractivity contribution < 1.29 is 27.4 Å². The lowest BCUT2D eigenvalue weighted by molar-refractivity contribution is -0.134. The molecule has 1 aromatic rings. The second-order valence-corrected chi connectivity index (χ2v) is 9.65. The molecule has 1 unspecified atom stereocenters. The summed E-state index contributed by atoms with van der Waals surface area (Å²) in [5, 5.41) is 0. The molecule has 30 heavy (non-hydrogen) atoms. The van der Waals surface area contributed by atoms with Crippen LogP contribution in [-0.4, -0.2) is 82.4 Å². The van der Waals surface area contributed by atoms with Crippen LogP contribution >= 0.6 is 0 Å². The van der Waals surface area contributed by atoms with Crippen molar-refractivity contribution in [2.45, 2.75) is 24.0 Å². The minimum Gasteiger partial charge on any atom is -0.379 e. The molecule has 3 heterocycles. The molecule has 3 fully saturated rings. The Balaban J connectivity index is 1.36. The number of benzene rings is 1. The number of hydrogen-bond donors (Lipinski definition) is 0. The molecule has 164 valence electrons. The number of likely N-dealkylation sites (tertiary alicyclic amines) is 1. The molecule has 0 aromatic heterocycles. The summed E-state index contributed by atoms with van der Waals surface area (Å²) in [5.74, 6) is 0.158. The zero-order valence-corrected chi connectivity index (χ0v) is 17.8. The Labute approximate surface area is 177 Å². The van der Waals surface area contributed by atoms with Gasteiger partial charge in [-0.1, -0.05) is 12.1 Å². The van der Waals surface area contributed by atoms with Gasteiger partial charge in [0.15, 0.2) is 6.29 Å². The van der Waals surface area contributed by atoms with Crippen LogP contribution in [0.25, 0.3) is 6.08 Å². The zero-order chi connectivity index (χ0) is 21.0. The normalized spacial score (nSPS) is 24.5. The summed E-state index contributed by atoms with van der Waals surface area (Å²) in [6, 6.07) is 6.61. The number of sulfonamides is 1. The van der Waals surface area contributed by atoms with E-state index in [1.807, 2.05) is 4.90 Å². The number of piperidine rings is 1. The predicted octanol–water partition coefficient (Wildman–Crippen LogP) is 1.33. The number of carbonyl (C=O) groups excluding carboxylic acids is 1. The van der Waals surface area contributed by atoms with Crippen LogP contribution in [0.3, 0.4) is 0 Å². The lowest BCUT2D eigenvalue weighted by Gasteiger charge is -2.34. The van der Waals surface area contributed by atoms with Gasteiger partial charge in [0.05, 0.1) is 31.3 Å². The van der Waals surface area contributed by atoms with Gasteiger partial charge in [0.2, 0.25) is 15.9 Å². The maximum Gasteiger partial charge on any atom is 0.246 e. The highest BCUT2D eigenvalue weighted by Crippen LogP contribution is 2.25. The molecule has 0 N–H and O–H groups in total. The van der Waals surface area contributed by atoms with Crippen LogP contribution in [0, 0.1) is 5.92 Å². The molecule has 0 radical (unpaired) electrons. The van der Waals surface area contributed by atoms with Crippen molar-refractivity contribution in [2.24, 2.45) is 5.92 Å². The van der Waals surface area contributed by atoms with Crippen molar-refractivity contribution in [3.8, 4) is 0 Å². The number of carbonyl (C=O) groups is 1. The molecule has 8 nitrogen and oxygen atoms in total. The van der Waals surface area contributed by atoms with E-state index in [2.05, 4.69) is 0 Å². The van der Waals surface area contributed by atoms with Crippen molar-refractivity contribution in [3.63, 3.8) is 0 Å². The zero-order valence-electron chi connectivity index (χ0n) is 16.9. The van der Waals surface area contributed by atoms with Gasteiger partial charge in [0.1, 0.15) is 0 Å². The molecule has 0 saturated carbocycles. The van der Waals surface area contributed by atoms with E-state index in [0.717, 1.165) is 24.9 Å². The van der Waals surface area contributed by atoms with Crippen molar-refractivity contribution in [1.29, 1.82) is 0 Å². The first-order chi connectivity index (χ1) is 14.5. The second-order valence-electron chi connectivity index (χ2n) is 7.72. The molecule has 0 spiro atoms. The minimum absolute atomic E-state index is 0.0530.